The van der Waals surface area contributed by atoms with E-state index in [0.29, 0.717) is 12.2 Å². The topological polar surface area (TPSA) is 75.3 Å². The summed E-state index contributed by atoms with van der Waals surface area (Å²) in [4.78, 5) is 12.3. The Hall–Kier alpha value is -1.55. The predicted octanol–water partition coefficient (Wildman–Crippen LogP) is 2.16. The van der Waals surface area contributed by atoms with Crippen molar-refractivity contribution in [1.82, 2.24) is 0 Å². The van der Waals surface area contributed by atoms with Crippen molar-refractivity contribution in [3.05, 3.63) is 23.8 Å². The van der Waals surface area contributed by atoms with Crippen LogP contribution < -0.4 is 11.1 Å². The van der Waals surface area contributed by atoms with E-state index in [9.17, 15) is 9.90 Å². The quantitative estimate of drug-likeness (QED) is 0.717. The van der Waals surface area contributed by atoms with Crippen LogP contribution in [0.2, 0.25) is 0 Å². The smallest absolute Gasteiger partial charge is 0.231 e. The second-order valence-electron chi connectivity index (χ2n) is 5.17. The number of rotatable bonds is 3. The molecule has 1 aromatic rings. The summed E-state index contributed by atoms with van der Waals surface area (Å²) < 4.78 is 0. The fraction of sp³-hybridized carbons (Fsp3) is 0.500. The molecule has 1 fully saturated rings. The van der Waals surface area contributed by atoms with Crippen LogP contribution in [-0.4, -0.2) is 17.6 Å². The first-order chi connectivity index (χ1) is 8.57. The van der Waals surface area contributed by atoms with Crippen molar-refractivity contribution in [2.75, 3.05) is 11.9 Å². The normalized spacial score (nSPS) is 17.7. The number of hydrogen-bond acceptors (Lipinski definition) is 3. The average molecular weight is 248 g/mol. The van der Waals surface area contributed by atoms with Crippen LogP contribution in [0.15, 0.2) is 18.2 Å². The first kappa shape index (κ1) is 12.9. The molecule has 0 atom stereocenters. The number of aryl methyl sites for hydroxylation is 1. The van der Waals surface area contributed by atoms with E-state index in [2.05, 4.69) is 5.32 Å². The number of amides is 1. The van der Waals surface area contributed by atoms with Crippen LogP contribution in [-0.2, 0) is 4.79 Å². The molecule has 0 aliphatic heterocycles. The van der Waals surface area contributed by atoms with Crippen LogP contribution in [0, 0.1) is 12.3 Å². The number of nitrogens with one attached hydrogen (secondary N) is 1. The summed E-state index contributed by atoms with van der Waals surface area (Å²) in [5, 5.41) is 12.6. The van der Waals surface area contributed by atoms with Gasteiger partial charge in [0.15, 0.2) is 0 Å². The molecule has 4 nitrogen and oxygen atoms in total. The average Bonchev–Trinajstić information content (AvgIpc) is 2.84. The van der Waals surface area contributed by atoms with Crippen molar-refractivity contribution >= 4 is 11.6 Å². The van der Waals surface area contributed by atoms with E-state index < -0.39 is 5.41 Å². The highest BCUT2D eigenvalue weighted by molar-refractivity contribution is 5.96. The number of benzene rings is 1. The molecule has 0 saturated heterocycles. The maximum atomic E-state index is 12.3. The van der Waals surface area contributed by atoms with Crippen LogP contribution in [0.5, 0.6) is 5.75 Å². The molecule has 0 bridgehead atoms. The van der Waals surface area contributed by atoms with Gasteiger partial charge in [-0.25, -0.2) is 0 Å². The molecular weight excluding hydrogens is 228 g/mol. The lowest BCUT2D eigenvalue weighted by atomic mass is 9.85. The molecule has 4 N–H and O–H groups in total. The molecule has 2 rings (SSSR count). The van der Waals surface area contributed by atoms with Crippen molar-refractivity contribution in [3.63, 3.8) is 0 Å². The minimum absolute atomic E-state index is 0.0663. The zero-order valence-corrected chi connectivity index (χ0v) is 10.7. The van der Waals surface area contributed by atoms with Gasteiger partial charge in [-0.2, -0.15) is 0 Å². The molecule has 1 aliphatic rings. The summed E-state index contributed by atoms with van der Waals surface area (Å²) in [5.41, 5.74) is 6.79. The van der Waals surface area contributed by atoms with E-state index in [4.69, 9.17) is 5.73 Å². The first-order valence-electron chi connectivity index (χ1n) is 6.38. The first-order valence-corrected chi connectivity index (χ1v) is 6.38. The van der Waals surface area contributed by atoms with Gasteiger partial charge in [-0.05, 0) is 37.5 Å². The highest BCUT2D eigenvalue weighted by atomic mass is 16.3. The van der Waals surface area contributed by atoms with Crippen LogP contribution >= 0.6 is 0 Å². The van der Waals surface area contributed by atoms with E-state index >= 15 is 0 Å². The molecule has 98 valence electrons. The lowest BCUT2D eigenvalue weighted by Crippen LogP contribution is -2.40. The van der Waals surface area contributed by atoms with Gasteiger partial charge in [0.1, 0.15) is 5.75 Å². The molecule has 1 saturated carbocycles. The molecule has 1 amide bonds. The summed E-state index contributed by atoms with van der Waals surface area (Å²) in [6.07, 6.45) is 3.76. The molecule has 0 spiro atoms. The molecular formula is C14H20N2O2. The highest BCUT2D eigenvalue weighted by Crippen LogP contribution is 2.38. The molecule has 18 heavy (non-hydrogen) atoms. The van der Waals surface area contributed by atoms with Gasteiger partial charge in [0.05, 0.1) is 11.1 Å². The number of carbonyl (C=O) groups is 1. The maximum Gasteiger partial charge on any atom is 0.231 e. The third-order valence-corrected chi connectivity index (χ3v) is 3.83. The van der Waals surface area contributed by atoms with Gasteiger partial charge < -0.3 is 16.2 Å². The Bertz CT molecular complexity index is 451. The van der Waals surface area contributed by atoms with Crippen molar-refractivity contribution < 1.29 is 9.90 Å². The lowest BCUT2D eigenvalue weighted by molar-refractivity contribution is -0.124. The standard InChI is InChI=1S/C14H20N2O2/c1-10-4-5-12(17)11(8-10)16-13(18)14(9-15)6-2-3-7-14/h4-5,8,17H,2-3,6-7,9,15H2,1H3,(H,16,18). The molecule has 0 aromatic heterocycles. The Labute approximate surface area is 107 Å². The van der Waals surface area contributed by atoms with E-state index in [1.54, 1.807) is 18.2 Å². The fourth-order valence-electron chi connectivity index (χ4n) is 2.58. The van der Waals surface area contributed by atoms with Crippen molar-refractivity contribution in [2.24, 2.45) is 11.1 Å². The Morgan fingerprint density at radius 2 is 2.11 bits per heavy atom. The van der Waals surface area contributed by atoms with Crippen LogP contribution in [0.3, 0.4) is 0 Å². The number of phenols is 1. The zero-order chi connectivity index (χ0) is 13.2. The molecule has 0 unspecified atom stereocenters. The monoisotopic (exact) mass is 248 g/mol. The van der Waals surface area contributed by atoms with Crippen LogP contribution in [0.25, 0.3) is 0 Å². The summed E-state index contributed by atoms with van der Waals surface area (Å²) in [6.45, 7) is 2.29. The number of hydrogen-bond donors (Lipinski definition) is 3. The van der Waals surface area contributed by atoms with E-state index in [1.165, 1.54) is 0 Å². The van der Waals surface area contributed by atoms with Crippen LogP contribution in [0.4, 0.5) is 5.69 Å². The van der Waals surface area contributed by atoms with Gasteiger partial charge in [-0.3, -0.25) is 4.79 Å². The highest BCUT2D eigenvalue weighted by Gasteiger charge is 2.39. The molecule has 0 heterocycles. The number of aromatic hydroxyl groups is 1. The summed E-state index contributed by atoms with van der Waals surface area (Å²) in [7, 11) is 0. The van der Waals surface area contributed by atoms with E-state index in [1.807, 2.05) is 6.92 Å². The largest absolute Gasteiger partial charge is 0.506 e. The Morgan fingerprint density at radius 1 is 1.44 bits per heavy atom. The Balaban J connectivity index is 2.18. The summed E-state index contributed by atoms with van der Waals surface area (Å²) in [5.74, 6) is 0.0301. The Kier molecular flexibility index (Phi) is 3.57. The molecule has 1 aliphatic carbocycles. The number of carbonyl (C=O) groups excluding carboxylic acids is 1. The third-order valence-electron chi connectivity index (χ3n) is 3.83. The summed E-state index contributed by atoms with van der Waals surface area (Å²) in [6, 6.07) is 5.17. The van der Waals surface area contributed by atoms with E-state index in [0.717, 1.165) is 31.2 Å². The SMILES string of the molecule is Cc1ccc(O)c(NC(=O)C2(CN)CCCC2)c1. The molecule has 4 heteroatoms. The van der Waals surface area contributed by atoms with Crippen molar-refractivity contribution in [1.29, 1.82) is 0 Å². The van der Waals surface area contributed by atoms with Gasteiger partial charge in [-0.15, -0.1) is 0 Å². The van der Waals surface area contributed by atoms with Gasteiger partial charge >= 0.3 is 0 Å². The maximum absolute atomic E-state index is 12.3. The van der Waals surface area contributed by atoms with Crippen molar-refractivity contribution in [2.45, 2.75) is 32.6 Å². The third kappa shape index (κ3) is 2.34. The van der Waals surface area contributed by atoms with Gasteiger partial charge in [0.25, 0.3) is 0 Å². The molecule has 0 radical (unpaired) electrons. The van der Waals surface area contributed by atoms with Gasteiger partial charge in [0, 0.05) is 6.54 Å². The summed E-state index contributed by atoms with van der Waals surface area (Å²) >= 11 is 0. The predicted molar refractivity (Wildman–Crippen MR) is 71.4 cm³/mol. The van der Waals surface area contributed by atoms with Gasteiger partial charge in [0.2, 0.25) is 5.91 Å². The zero-order valence-electron chi connectivity index (χ0n) is 10.7. The minimum Gasteiger partial charge on any atom is -0.506 e. The lowest BCUT2D eigenvalue weighted by Gasteiger charge is -2.26. The van der Waals surface area contributed by atoms with Gasteiger partial charge in [-0.1, -0.05) is 18.9 Å². The van der Waals surface area contributed by atoms with Crippen molar-refractivity contribution in [3.8, 4) is 5.75 Å². The number of nitrogens with two attached hydrogens (primary N) is 1. The number of anilines is 1. The Morgan fingerprint density at radius 3 is 2.72 bits per heavy atom. The van der Waals surface area contributed by atoms with Crippen LogP contribution in [0.1, 0.15) is 31.2 Å². The molecule has 1 aromatic carbocycles. The minimum atomic E-state index is -0.448. The van der Waals surface area contributed by atoms with E-state index in [-0.39, 0.29) is 11.7 Å². The second-order valence-corrected chi connectivity index (χ2v) is 5.17. The second kappa shape index (κ2) is 4.98. The number of phenolic OH excluding ortho intramolecular Hbond substituents is 1. The fourth-order valence-corrected chi connectivity index (χ4v) is 2.58.